The summed E-state index contributed by atoms with van der Waals surface area (Å²) in [4.78, 5) is 18.1. The van der Waals surface area contributed by atoms with Crippen molar-refractivity contribution in [3.8, 4) is 22.6 Å². The third-order valence-electron chi connectivity index (χ3n) is 5.50. The molecule has 0 aliphatic carbocycles. The quantitative estimate of drug-likeness (QED) is 0.391. The van der Waals surface area contributed by atoms with Crippen molar-refractivity contribution >= 4 is 27.7 Å². The van der Waals surface area contributed by atoms with Crippen molar-refractivity contribution in [3.05, 3.63) is 90.8 Å². The van der Waals surface area contributed by atoms with Gasteiger partial charge in [0, 0.05) is 28.9 Å². The highest BCUT2D eigenvalue weighted by atomic mass is 16.5. The number of hydrogen-bond acceptors (Lipinski definition) is 4. The van der Waals surface area contributed by atoms with Crippen LogP contribution in [-0.4, -0.2) is 29.7 Å². The summed E-state index contributed by atoms with van der Waals surface area (Å²) in [7, 11) is 3.21. The van der Waals surface area contributed by atoms with Crippen LogP contribution in [0.2, 0.25) is 0 Å². The number of ether oxygens (including phenoxy) is 2. The van der Waals surface area contributed by atoms with Crippen LogP contribution in [-0.2, 0) is 0 Å². The van der Waals surface area contributed by atoms with E-state index in [-0.39, 0.29) is 5.91 Å². The molecule has 5 heteroatoms. The normalized spacial score (nSPS) is 11.0. The van der Waals surface area contributed by atoms with Crippen LogP contribution in [0.15, 0.2) is 85.2 Å². The highest BCUT2D eigenvalue weighted by molar-refractivity contribution is 6.12. The first-order valence-electron chi connectivity index (χ1n) is 9.92. The number of rotatable bonds is 4. The van der Waals surface area contributed by atoms with Crippen molar-refractivity contribution in [2.45, 2.75) is 0 Å². The topological polar surface area (TPSA) is 53.4 Å². The molecule has 2 aromatic heterocycles. The molecule has 0 radical (unpaired) electrons. The molecule has 0 aliphatic rings. The molecule has 0 unspecified atom stereocenters. The molecule has 0 saturated carbocycles. The van der Waals surface area contributed by atoms with Gasteiger partial charge in [0.1, 0.15) is 5.65 Å². The van der Waals surface area contributed by atoms with Crippen LogP contribution < -0.4 is 9.47 Å². The lowest BCUT2D eigenvalue weighted by molar-refractivity contribution is 0.0966. The predicted molar refractivity (Wildman–Crippen MR) is 122 cm³/mol. The van der Waals surface area contributed by atoms with Gasteiger partial charge in [-0.15, -0.1) is 0 Å². The Kier molecular flexibility index (Phi) is 4.64. The fraction of sp³-hybridized carbons (Fsp3) is 0.0769. The van der Waals surface area contributed by atoms with Gasteiger partial charge in [0.25, 0.3) is 5.91 Å². The first-order chi connectivity index (χ1) is 15.2. The average molecular weight is 408 g/mol. The Labute approximate surface area is 179 Å². The van der Waals surface area contributed by atoms with Gasteiger partial charge in [-0.3, -0.25) is 9.36 Å². The fourth-order valence-electron chi connectivity index (χ4n) is 3.99. The van der Waals surface area contributed by atoms with Crippen LogP contribution >= 0.6 is 0 Å². The summed E-state index contributed by atoms with van der Waals surface area (Å²) >= 11 is 0. The Morgan fingerprint density at radius 3 is 2.45 bits per heavy atom. The molecule has 0 N–H and O–H groups in total. The minimum Gasteiger partial charge on any atom is -0.493 e. The molecule has 0 saturated heterocycles. The predicted octanol–water partition coefficient (Wildman–Crippen LogP) is 5.56. The maximum atomic E-state index is 13.6. The molecular weight excluding hydrogens is 388 g/mol. The van der Waals surface area contributed by atoms with Crippen molar-refractivity contribution in [1.82, 2.24) is 9.55 Å². The minimum atomic E-state index is -0.118. The standard InChI is InChI=1S/C26H20N2O3/c1-30-23-13-12-18(15-24(23)31-2)22-16-28(25-20(22)11-6-14-27-25)26(29)21-10-5-8-17-7-3-4-9-19(17)21/h3-16H,1-2H3. The van der Waals surface area contributed by atoms with Crippen molar-refractivity contribution in [2.24, 2.45) is 0 Å². The summed E-state index contributed by atoms with van der Waals surface area (Å²) in [6.45, 7) is 0. The van der Waals surface area contributed by atoms with Crippen LogP contribution in [0.4, 0.5) is 0 Å². The zero-order valence-electron chi connectivity index (χ0n) is 17.2. The third kappa shape index (κ3) is 3.11. The maximum absolute atomic E-state index is 13.6. The van der Waals surface area contributed by atoms with Gasteiger partial charge in [-0.05, 0) is 46.7 Å². The van der Waals surface area contributed by atoms with E-state index in [1.807, 2.05) is 79.0 Å². The van der Waals surface area contributed by atoms with E-state index < -0.39 is 0 Å². The molecule has 2 heterocycles. The van der Waals surface area contributed by atoms with E-state index in [4.69, 9.17) is 9.47 Å². The Morgan fingerprint density at radius 2 is 1.61 bits per heavy atom. The molecule has 0 amide bonds. The number of aromatic nitrogens is 2. The molecule has 0 fully saturated rings. The average Bonchev–Trinajstić information content (AvgIpc) is 3.22. The second-order valence-electron chi connectivity index (χ2n) is 7.19. The van der Waals surface area contributed by atoms with Gasteiger partial charge >= 0.3 is 0 Å². The van der Waals surface area contributed by atoms with Crippen molar-refractivity contribution < 1.29 is 14.3 Å². The number of hydrogen-bond donors (Lipinski definition) is 0. The van der Waals surface area contributed by atoms with E-state index in [1.54, 1.807) is 25.0 Å². The van der Waals surface area contributed by atoms with E-state index in [0.717, 1.165) is 27.3 Å². The highest BCUT2D eigenvalue weighted by Crippen LogP contribution is 2.36. The summed E-state index contributed by atoms with van der Waals surface area (Å²) in [6.07, 6.45) is 3.55. The number of nitrogens with zero attached hydrogens (tertiary/aromatic N) is 2. The molecule has 0 atom stereocenters. The minimum absolute atomic E-state index is 0.118. The second-order valence-corrected chi connectivity index (χ2v) is 7.19. The lowest BCUT2D eigenvalue weighted by atomic mass is 10.0. The van der Waals surface area contributed by atoms with Crippen molar-refractivity contribution in [3.63, 3.8) is 0 Å². The number of pyridine rings is 1. The molecular formula is C26H20N2O3. The van der Waals surface area contributed by atoms with Gasteiger partial charge in [-0.25, -0.2) is 4.98 Å². The number of fused-ring (bicyclic) bond motifs is 2. The Bertz CT molecular complexity index is 1430. The van der Waals surface area contributed by atoms with Gasteiger partial charge in [0.2, 0.25) is 0 Å². The largest absolute Gasteiger partial charge is 0.493 e. The van der Waals surface area contributed by atoms with Crippen molar-refractivity contribution in [2.75, 3.05) is 14.2 Å². The zero-order valence-corrected chi connectivity index (χ0v) is 17.2. The van der Waals surface area contributed by atoms with Gasteiger partial charge in [-0.1, -0.05) is 42.5 Å². The van der Waals surface area contributed by atoms with Crippen molar-refractivity contribution in [1.29, 1.82) is 0 Å². The van der Waals surface area contributed by atoms with Gasteiger partial charge < -0.3 is 9.47 Å². The van der Waals surface area contributed by atoms with Gasteiger partial charge in [0.05, 0.1) is 14.2 Å². The van der Waals surface area contributed by atoms with Crippen LogP contribution in [0.25, 0.3) is 32.9 Å². The lowest BCUT2D eigenvalue weighted by Crippen LogP contribution is -2.11. The molecule has 31 heavy (non-hydrogen) atoms. The Balaban J connectivity index is 1.70. The first-order valence-corrected chi connectivity index (χ1v) is 9.92. The number of methoxy groups -OCH3 is 2. The summed E-state index contributed by atoms with van der Waals surface area (Å²) in [5, 5.41) is 2.83. The zero-order chi connectivity index (χ0) is 21.4. The summed E-state index contributed by atoms with van der Waals surface area (Å²) < 4.78 is 12.5. The van der Waals surface area contributed by atoms with Gasteiger partial charge in [0.15, 0.2) is 11.5 Å². The molecule has 0 spiro atoms. The van der Waals surface area contributed by atoms with Crippen LogP contribution in [0.3, 0.4) is 0 Å². The highest BCUT2D eigenvalue weighted by Gasteiger charge is 2.19. The maximum Gasteiger partial charge on any atom is 0.264 e. The van der Waals surface area contributed by atoms with Crippen LogP contribution in [0, 0.1) is 0 Å². The summed E-state index contributed by atoms with van der Waals surface area (Å²) in [5.41, 5.74) is 3.07. The molecule has 152 valence electrons. The SMILES string of the molecule is COc1ccc(-c2cn(C(=O)c3cccc4ccccc34)c3ncccc23)cc1OC. The van der Waals surface area contributed by atoms with E-state index in [9.17, 15) is 4.79 Å². The Hall–Kier alpha value is -4.12. The molecule has 5 nitrogen and oxygen atoms in total. The van der Waals surface area contributed by atoms with Gasteiger partial charge in [-0.2, -0.15) is 0 Å². The molecule has 0 aliphatic heterocycles. The molecule has 5 aromatic rings. The van der Waals surface area contributed by atoms with Crippen LogP contribution in [0.1, 0.15) is 10.4 Å². The second kappa shape index (κ2) is 7.61. The lowest BCUT2D eigenvalue weighted by Gasteiger charge is -2.09. The fourth-order valence-corrected chi connectivity index (χ4v) is 3.99. The van der Waals surface area contributed by atoms with E-state index in [2.05, 4.69) is 4.98 Å². The third-order valence-corrected chi connectivity index (χ3v) is 5.50. The van der Waals surface area contributed by atoms with E-state index in [0.29, 0.717) is 22.7 Å². The summed E-state index contributed by atoms with van der Waals surface area (Å²) in [6, 6.07) is 23.2. The summed E-state index contributed by atoms with van der Waals surface area (Å²) in [5.74, 6) is 1.16. The smallest absolute Gasteiger partial charge is 0.264 e. The number of carbonyl (C=O) groups excluding carboxylic acids is 1. The first kappa shape index (κ1) is 18.9. The monoisotopic (exact) mass is 408 g/mol. The number of carbonyl (C=O) groups is 1. The number of benzene rings is 3. The van der Waals surface area contributed by atoms with Crippen LogP contribution in [0.5, 0.6) is 11.5 Å². The Morgan fingerprint density at radius 1 is 0.839 bits per heavy atom. The van der Waals surface area contributed by atoms with E-state index in [1.165, 1.54) is 0 Å². The molecule has 5 rings (SSSR count). The molecule has 3 aromatic carbocycles. The molecule has 0 bridgehead atoms. The van der Waals surface area contributed by atoms with E-state index >= 15 is 0 Å².